The van der Waals surface area contributed by atoms with Crippen molar-refractivity contribution >= 4 is 18.1 Å². The van der Waals surface area contributed by atoms with Gasteiger partial charge in [0.15, 0.2) is 10.6 Å². The van der Waals surface area contributed by atoms with Crippen LogP contribution in [0.1, 0.15) is 23.0 Å². The summed E-state index contributed by atoms with van der Waals surface area (Å²) >= 11 is 5.39. The molecule has 0 spiro atoms. The highest BCUT2D eigenvalue weighted by atomic mass is 32.1. The van der Waals surface area contributed by atoms with Gasteiger partial charge in [-0.25, -0.2) is 4.98 Å². The number of ether oxygens (including phenoxy) is 1. The predicted octanol–water partition coefficient (Wildman–Crippen LogP) is 3.56. The molecule has 1 unspecified atom stereocenters. The van der Waals surface area contributed by atoms with E-state index in [0.29, 0.717) is 10.6 Å². The number of hydrogen-bond donors (Lipinski definition) is 2. The quantitative estimate of drug-likeness (QED) is 0.422. The zero-order valence-electron chi connectivity index (χ0n) is 18.1. The molecule has 1 atom stereocenters. The third-order valence-electron chi connectivity index (χ3n) is 5.24. The molecule has 2 aromatic heterocycles. The second kappa shape index (κ2) is 9.19. The molecule has 2 N–H and O–H groups in total. The normalized spacial score (nSPS) is 11.8. The largest absolute Gasteiger partial charge is 0.497 e. The Morgan fingerprint density at radius 2 is 1.91 bits per heavy atom. The zero-order valence-corrected chi connectivity index (χ0v) is 18.9. The van der Waals surface area contributed by atoms with Gasteiger partial charge in [-0.2, -0.15) is 5.10 Å². The van der Waals surface area contributed by atoms with E-state index in [4.69, 9.17) is 17.0 Å². The molecule has 0 saturated heterocycles. The van der Waals surface area contributed by atoms with Gasteiger partial charge in [-0.3, -0.25) is 14.5 Å². The lowest BCUT2D eigenvalue weighted by Gasteiger charge is -2.20. The van der Waals surface area contributed by atoms with E-state index in [0.717, 1.165) is 28.3 Å². The van der Waals surface area contributed by atoms with Gasteiger partial charge in [0.2, 0.25) is 5.91 Å². The van der Waals surface area contributed by atoms with Crippen LogP contribution in [0, 0.1) is 11.7 Å². The molecule has 164 valence electrons. The van der Waals surface area contributed by atoms with Crippen LogP contribution < -0.4 is 10.1 Å². The number of aromatic amines is 1. The van der Waals surface area contributed by atoms with Crippen LogP contribution in [0.4, 0.5) is 0 Å². The van der Waals surface area contributed by atoms with E-state index in [2.05, 4.69) is 20.5 Å². The van der Waals surface area contributed by atoms with Crippen molar-refractivity contribution < 1.29 is 9.53 Å². The van der Waals surface area contributed by atoms with Crippen LogP contribution in [0.5, 0.6) is 5.75 Å². The summed E-state index contributed by atoms with van der Waals surface area (Å²) < 4.78 is 9.22. The van der Waals surface area contributed by atoms with Crippen molar-refractivity contribution in [1.82, 2.24) is 29.6 Å². The molecular weight excluding hydrogens is 424 g/mol. The van der Waals surface area contributed by atoms with Gasteiger partial charge >= 0.3 is 0 Å². The summed E-state index contributed by atoms with van der Waals surface area (Å²) in [5, 5.41) is 10.2. The van der Waals surface area contributed by atoms with E-state index >= 15 is 0 Å². The van der Waals surface area contributed by atoms with Crippen LogP contribution >= 0.6 is 12.2 Å². The molecule has 0 radical (unpaired) electrons. The number of carbonyl (C=O) groups is 1. The Morgan fingerprint density at radius 3 is 2.53 bits per heavy atom. The number of carbonyl (C=O) groups excluding carboxylic acids is 1. The first-order chi connectivity index (χ1) is 15.5. The lowest BCUT2D eigenvalue weighted by Crippen LogP contribution is -2.33. The van der Waals surface area contributed by atoms with Crippen molar-refractivity contribution in [3.05, 3.63) is 82.6 Å². The standard InChI is InChI=1S/C23H24N6O2S/c1-15-4-6-17(7-5-15)21-26-27-23(32)29(21)14-19(30)25-20(22-24-12-13-28(22)2)16-8-10-18(31-3)11-9-16/h4-13,20H,14H2,1-3H3,(H,25,30)(H,27,32). The molecule has 1 amide bonds. The van der Waals surface area contributed by atoms with E-state index in [1.54, 1.807) is 17.9 Å². The first kappa shape index (κ1) is 21.5. The van der Waals surface area contributed by atoms with Crippen LogP contribution in [-0.2, 0) is 18.4 Å². The van der Waals surface area contributed by atoms with Crippen molar-refractivity contribution in [3.8, 4) is 17.1 Å². The number of aromatic nitrogens is 5. The smallest absolute Gasteiger partial charge is 0.240 e. The minimum absolute atomic E-state index is 0.0234. The number of nitrogens with zero attached hydrogens (tertiary/aromatic N) is 4. The number of nitrogens with one attached hydrogen (secondary N) is 2. The third-order valence-corrected chi connectivity index (χ3v) is 5.55. The van der Waals surface area contributed by atoms with E-state index < -0.39 is 6.04 Å². The molecule has 32 heavy (non-hydrogen) atoms. The molecule has 0 saturated carbocycles. The maximum atomic E-state index is 13.1. The Hall–Kier alpha value is -3.72. The second-order valence-corrected chi connectivity index (χ2v) is 7.86. The Kier molecular flexibility index (Phi) is 6.18. The second-order valence-electron chi connectivity index (χ2n) is 7.47. The highest BCUT2D eigenvalue weighted by molar-refractivity contribution is 7.71. The van der Waals surface area contributed by atoms with Gasteiger partial charge in [0.1, 0.15) is 24.2 Å². The Morgan fingerprint density at radius 1 is 1.19 bits per heavy atom. The third kappa shape index (κ3) is 4.47. The van der Waals surface area contributed by atoms with Gasteiger partial charge in [0.05, 0.1) is 7.11 Å². The van der Waals surface area contributed by atoms with Crippen LogP contribution in [0.2, 0.25) is 0 Å². The van der Waals surface area contributed by atoms with Crippen molar-refractivity contribution in [3.63, 3.8) is 0 Å². The molecule has 0 fully saturated rings. The lowest BCUT2D eigenvalue weighted by atomic mass is 10.1. The summed E-state index contributed by atoms with van der Waals surface area (Å²) in [4.78, 5) is 17.6. The first-order valence-electron chi connectivity index (χ1n) is 10.1. The van der Waals surface area contributed by atoms with E-state index in [-0.39, 0.29) is 12.5 Å². The SMILES string of the molecule is COc1ccc(C(NC(=O)Cn2c(-c3ccc(C)cc3)n[nH]c2=S)c2nccn2C)cc1. The Bertz CT molecular complexity index is 1270. The Balaban J connectivity index is 1.61. The summed E-state index contributed by atoms with van der Waals surface area (Å²) in [6.07, 6.45) is 3.55. The van der Waals surface area contributed by atoms with Gasteiger partial charge in [0, 0.05) is 25.0 Å². The van der Waals surface area contributed by atoms with Crippen molar-refractivity contribution in [2.24, 2.45) is 7.05 Å². The molecule has 0 aliphatic carbocycles. The van der Waals surface area contributed by atoms with Crippen LogP contribution in [0.15, 0.2) is 60.9 Å². The molecule has 9 heteroatoms. The summed E-state index contributed by atoms with van der Waals surface area (Å²) in [6.45, 7) is 2.04. The van der Waals surface area contributed by atoms with Gasteiger partial charge < -0.3 is 14.6 Å². The van der Waals surface area contributed by atoms with Gasteiger partial charge in [-0.15, -0.1) is 0 Å². The molecule has 4 aromatic rings. The number of amides is 1. The minimum atomic E-state index is -0.433. The predicted molar refractivity (Wildman–Crippen MR) is 124 cm³/mol. The fourth-order valence-electron chi connectivity index (χ4n) is 3.49. The maximum absolute atomic E-state index is 13.1. The first-order valence-corrected chi connectivity index (χ1v) is 10.5. The summed E-state index contributed by atoms with van der Waals surface area (Å²) in [5.74, 6) is 1.87. The number of methoxy groups -OCH3 is 1. The fraction of sp³-hybridized carbons (Fsp3) is 0.217. The zero-order chi connectivity index (χ0) is 22.7. The molecule has 0 aliphatic rings. The van der Waals surface area contributed by atoms with E-state index in [9.17, 15) is 4.79 Å². The molecule has 2 heterocycles. The topological polar surface area (TPSA) is 89.8 Å². The van der Waals surface area contributed by atoms with E-state index in [1.807, 2.05) is 73.3 Å². The van der Waals surface area contributed by atoms with E-state index in [1.165, 1.54) is 0 Å². The number of aryl methyl sites for hydroxylation is 2. The number of H-pyrrole nitrogens is 1. The van der Waals surface area contributed by atoms with Crippen LogP contribution in [-0.4, -0.2) is 37.3 Å². The maximum Gasteiger partial charge on any atom is 0.240 e. The van der Waals surface area contributed by atoms with Crippen molar-refractivity contribution in [2.45, 2.75) is 19.5 Å². The molecule has 4 rings (SSSR count). The van der Waals surface area contributed by atoms with Crippen molar-refractivity contribution in [2.75, 3.05) is 7.11 Å². The fourth-order valence-corrected chi connectivity index (χ4v) is 3.68. The monoisotopic (exact) mass is 448 g/mol. The van der Waals surface area contributed by atoms with Gasteiger partial charge in [0.25, 0.3) is 0 Å². The van der Waals surface area contributed by atoms with Crippen LogP contribution in [0.3, 0.4) is 0 Å². The number of hydrogen-bond acceptors (Lipinski definition) is 5. The van der Waals surface area contributed by atoms with Crippen LogP contribution in [0.25, 0.3) is 11.4 Å². The van der Waals surface area contributed by atoms with Crippen molar-refractivity contribution in [1.29, 1.82) is 0 Å². The number of benzene rings is 2. The highest BCUT2D eigenvalue weighted by Crippen LogP contribution is 2.23. The molecule has 2 aromatic carbocycles. The summed E-state index contributed by atoms with van der Waals surface area (Å²) in [7, 11) is 3.51. The molecule has 8 nitrogen and oxygen atoms in total. The van der Waals surface area contributed by atoms with Gasteiger partial charge in [-0.1, -0.05) is 42.0 Å². The average Bonchev–Trinajstić information content (AvgIpc) is 3.38. The molecule has 0 aliphatic heterocycles. The summed E-state index contributed by atoms with van der Waals surface area (Å²) in [6, 6.07) is 15.0. The summed E-state index contributed by atoms with van der Waals surface area (Å²) in [5.41, 5.74) is 2.92. The minimum Gasteiger partial charge on any atom is -0.497 e. The van der Waals surface area contributed by atoms with Gasteiger partial charge in [-0.05, 0) is 36.8 Å². The number of imidazole rings is 1. The number of rotatable bonds is 7. The Labute approximate surface area is 190 Å². The molecular formula is C23H24N6O2S. The highest BCUT2D eigenvalue weighted by Gasteiger charge is 2.22. The molecule has 0 bridgehead atoms. The lowest BCUT2D eigenvalue weighted by molar-refractivity contribution is -0.122. The average molecular weight is 449 g/mol.